The lowest BCUT2D eigenvalue weighted by Gasteiger charge is -2.02. The van der Waals surface area contributed by atoms with Crippen LogP contribution >= 0.6 is 0 Å². The van der Waals surface area contributed by atoms with Gasteiger partial charge in [0.1, 0.15) is 11.9 Å². The highest BCUT2D eigenvalue weighted by atomic mass is 32.2. The van der Waals surface area contributed by atoms with Crippen LogP contribution in [-0.2, 0) is 16.4 Å². The van der Waals surface area contributed by atoms with Gasteiger partial charge >= 0.3 is 0 Å². The Morgan fingerprint density at radius 2 is 1.79 bits per heavy atom. The van der Waals surface area contributed by atoms with Crippen LogP contribution in [0, 0.1) is 10.1 Å². The van der Waals surface area contributed by atoms with Crippen LogP contribution in [0.1, 0.15) is 12.5 Å². The Bertz CT molecular complexity index is 811. The van der Waals surface area contributed by atoms with E-state index in [1.54, 1.807) is 0 Å². The summed E-state index contributed by atoms with van der Waals surface area (Å²) < 4.78 is 30.1. The minimum Gasteiger partial charge on any atom is -0.490 e. The van der Waals surface area contributed by atoms with Gasteiger partial charge in [-0.25, -0.2) is 13.1 Å². The molecular weight excluding hydrogens is 332 g/mol. The molecule has 0 aromatic heterocycles. The van der Waals surface area contributed by atoms with E-state index in [0.29, 0.717) is 6.10 Å². The molecule has 0 saturated heterocycles. The number of ether oxygens (including phenoxy) is 1. The molecule has 1 aliphatic heterocycles. The maximum Gasteiger partial charge on any atom is 0.289 e. The monoisotopic (exact) mass is 350 g/mol. The number of hydrogen-bond acceptors (Lipinski definition) is 5. The number of sulfonamides is 1. The van der Waals surface area contributed by atoms with Crippen molar-refractivity contribution in [3.05, 3.63) is 64.2 Å². The number of fused-ring (bicyclic) bond motifs is 1. The first-order valence-electron chi connectivity index (χ1n) is 7.26. The smallest absolute Gasteiger partial charge is 0.289 e. The second-order valence-corrected chi connectivity index (χ2v) is 7.03. The van der Waals surface area contributed by atoms with Crippen LogP contribution in [0.2, 0.25) is 0 Å². The summed E-state index contributed by atoms with van der Waals surface area (Å²) in [5, 5.41) is 10.5. The Hall–Kier alpha value is -2.45. The summed E-state index contributed by atoms with van der Waals surface area (Å²) in [6, 6.07) is 13.4. The third-order valence-corrected chi connectivity index (χ3v) is 4.89. The molecule has 1 aliphatic rings. The van der Waals surface area contributed by atoms with Gasteiger partial charge in [-0.1, -0.05) is 30.3 Å². The Labute approximate surface area is 140 Å². The Balaban J connectivity index is 0.000000182. The van der Waals surface area contributed by atoms with Crippen LogP contribution in [0.25, 0.3) is 0 Å². The molecule has 1 unspecified atom stereocenters. The third kappa shape index (κ3) is 4.09. The fourth-order valence-electron chi connectivity index (χ4n) is 2.30. The van der Waals surface area contributed by atoms with Crippen molar-refractivity contribution >= 4 is 15.7 Å². The first-order valence-corrected chi connectivity index (χ1v) is 8.75. The Morgan fingerprint density at radius 3 is 2.42 bits per heavy atom. The van der Waals surface area contributed by atoms with Crippen molar-refractivity contribution < 1.29 is 18.1 Å². The summed E-state index contributed by atoms with van der Waals surface area (Å²) in [6.45, 7) is 2.10. The van der Waals surface area contributed by atoms with Crippen LogP contribution in [0.15, 0.2) is 53.4 Å². The van der Waals surface area contributed by atoms with Crippen LogP contribution in [-0.4, -0.2) is 26.5 Å². The summed E-state index contributed by atoms with van der Waals surface area (Å²) in [5.74, 6) is 1.06. The molecule has 0 bridgehead atoms. The maximum absolute atomic E-state index is 11.3. The van der Waals surface area contributed by atoms with E-state index in [2.05, 4.69) is 19.1 Å². The molecule has 0 aliphatic carbocycles. The molecule has 1 heterocycles. The summed E-state index contributed by atoms with van der Waals surface area (Å²) in [6.07, 6.45) is 1.44. The molecular formula is C16H18N2O5S. The molecule has 0 fully saturated rings. The minimum absolute atomic E-state index is 0.326. The standard InChI is InChI=1S/C9H10O.C7H8N2O4S/c1-7-6-8-4-2-3-5-9(8)10-7;1-8-14(12,13)7-5-3-2-4-6(7)9(10)11/h2-5,7H,6H2,1H3;2-5,8H,1H3. The first-order chi connectivity index (χ1) is 11.3. The SMILES string of the molecule is CC1Cc2ccccc2O1.CNS(=O)(=O)c1ccccc1[N+](=O)[O-]. The second kappa shape index (κ2) is 7.41. The summed E-state index contributed by atoms with van der Waals surface area (Å²) in [4.78, 5) is 9.44. The summed E-state index contributed by atoms with van der Waals surface area (Å²) in [7, 11) is -2.57. The highest BCUT2D eigenvalue weighted by molar-refractivity contribution is 7.89. The Kier molecular flexibility index (Phi) is 5.53. The molecule has 1 N–H and O–H groups in total. The number of para-hydroxylation sites is 2. The van der Waals surface area contributed by atoms with E-state index in [4.69, 9.17) is 4.74 Å². The molecule has 3 rings (SSSR count). The maximum atomic E-state index is 11.3. The van der Waals surface area contributed by atoms with Gasteiger partial charge in [-0.15, -0.1) is 0 Å². The number of benzene rings is 2. The highest BCUT2D eigenvalue weighted by Gasteiger charge is 2.23. The van der Waals surface area contributed by atoms with Crippen molar-refractivity contribution in [3.63, 3.8) is 0 Å². The lowest BCUT2D eigenvalue weighted by Crippen LogP contribution is -2.19. The van der Waals surface area contributed by atoms with E-state index in [1.165, 1.54) is 30.8 Å². The number of nitrogens with zero attached hydrogens (tertiary/aromatic N) is 1. The van der Waals surface area contributed by atoms with Crippen molar-refractivity contribution in [1.29, 1.82) is 0 Å². The van der Waals surface area contributed by atoms with Crippen molar-refractivity contribution in [1.82, 2.24) is 4.72 Å². The zero-order valence-electron chi connectivity index (χ0n) is 13.3. The summed E-state index contributed by atoms with van der Waals surface area (Å²) in [5.41, 5.74) is 0.914. The van der Waals surface area contributed by atoms with Gasteiger partial charge in [0.25, 0.3) is 5.69 Å². The van der Waals surface area contributed by atoms with E-state index in [1.807, 2.05) is 16.9 Å². The van der Waals surface area contributed by atoms with Gasteiger partial charge in [0.2, 0.25) is 10.0 Å². The van der Waals surface area contributed by atoms with Crippen LogP contribution in [0.5, 0.6) is 5.75 Å². The van der Waals surface area contributed by atoms with Gasteiger partial charge in [0.15, 0.2) is 4.90 Å². The molecule has 0 radical (unpaired) electrons. The highest BCUT2D eigenvalue weighted by Crippen LogP contribution is 2.27. The molecule has 2 aromatic rings. The number of nitro groups is 1. The first kappa shape index (κ1) is 17.9. The summed E-state index contributed by atoms with van der Waals surface area (Å²) >= 11 is 0. The van der Waals surface area contributed by atoms with E-state index in [0.717, 1.165) is 18.2 Å². The van der Waals surface area contributed by atoms with Crippen LogP contribution in [0.3, 0.4) is 0 Å². The predicted molar refractivity (Wildman–Crippen MR) is 89.6 cm³/mol. The Morgan fingerprint density at radius 1 is 1.17 bits per heavy atom. The van der Waals surface area contributed by atoms with Gasteiger partial charge in [0, 0.05) is 12.5 Å². The number of nitro benzene ring substituents is 1. The molecule has 0 amide bonds. The zero-order valence-corrected chi connectivity index (χ0v) is 14.1. The van der Waals surface area contributed by atoms with E-state index >= 15 is 0 Å². The van der Waals surface area contributed by atoms with Gasteiger partial charge in [-0.2, -0.15) is 0 Å². The van der Waals surface area contributed by atoms with Crippen molar-refractivity contribution in [2.24, 2.45) is 0 Å². The number of hydrogen-bond donors (Lipinski definition) is 1. The normalized spacial score (nSPS) is 15.7. The quantitative estimate of drug-likeness (QED) is 0.677. The molecule has 2 aromatic carbocycles. The number of nitrogens with one attached hydrogen (secondary N) is 1. The van der Waals surface area contributed by atoms with Crippen molar-refractivity contribution in [2.75, 3.05) is 7.05 Å². The fraction of sp³-hybridized carbons (Fsp3) is 0.250. The second-order valence-electron chi connectivity index (χ2n) is 5.17. The van der Waals surface area contributed by atoms with E-state index < -0.39 is 20.6 Å². The molecule has 1 atom stereocenters. The molecule has 7 nitrogen and oxygen atoms in total. The third-order valence-electron chi connectivity index (χ3n) is 3.43. The molecule has 8 heteroatoms. The van der Waals surface area contributed by atoms with Crippen LogP contribution in [0.4, 0.5) is 5.69 Å². The van der Waals surface area contributed by atoms with E-state index in [-0.39, 0.29) is 4.90 Å². The molecule has 0 spiro atoms. The van der Waals surface area contributed by atoms with Crippen LogP contribution < -0.4 is 9.46 Å². The predicted octanol–water partition coefficient (Wildman–Crippen LogP) is 2.51. The van der Waals surface area contributed by atoms with Gasteiger partial charge < -0.3 is 4.74 Å². The van der Waals surface area contributed by atoms with Gasteiger partial charge in [0.05, 0.1) is 4.92 Å². The number of rotatable bonds is 3. The minimum atomic E-state index is -3.77. The van der Waals surface area contributed by atoms with Crippen molar-refractivity contribution in [2.45, 2.75) is 24.3 Å². The van der Waals surface area contributed by atoms with E-state index in [9.17, 15) is 18.5 Å². The molecule has 128 valence electrons. The van der Waals surface area contributed by atoms with Gasteiger partial charge in [-0.3, -0.25) is 10.1 Å². The topological polar surface area (TPSA) is 98.5 Å². The molecule has 24 heavy (non-hydrogen) atoms. The largest absolute Gasteiger partial charge is 0.490 e. The average molecular weight is 350 g/mol. The fourth-order valence-corrected chi connectivity index (χ4v) is 3.20. The lowest BCUT2D eigenvalue weighted by atomic mass is 10.1. The van der Waals surface area contributed by atoms with Crippen molar-refractivity contribution in [3.8, 4) is 5.75 Å². The zero-order chi connectivity index (χ0) is 17.7. The average Bonchev–Trinajstić information content (AvgIpc) is 2.95. The lowest BCUT2D eigenvalue weighted by molar-refractivity contribution is -0.387. The van der Waals surface area contributed by atoms with Gasteiger partial charge in [-0.05, 0) is 31.7 Å². The molecule has 0 saturated carbocycles.